The third kappa shape index (κ3) is 1.43. The summed E-state index contributed by atoms with van der Waals surface area (Å²) in [5.74, 6) is 0. The molecule has 0 saturated heterocycles. The van der Waals surface area contributed by atoms with Crippen LogP contribution in [0, 0.1) is 0 Å². The summed E-state index contributed by atoms with van der Waals surface area (Å²) in [6, 6.07) is 0.228. The molecule has 1 rings (SSSR count). The minimum absolute atomic E-state index is 0.0851. The van der Waals surface area contributed by atoms with E-state index >= 15 is 0 Å². The van der Waals surface area contributed by atoms with E-state index in [1.54, 1.807) is 0 Å². The molecule has 0 radical (unpaired) electrons. The van der Waals surface area contributed by atoms with Crippen LogP contribution in [0.1, 0.15) is 32.6 Å². The Morgan fingerprint density at radius 1 is 1.44 bits per heavy atom. The van der Waals surface area contributed by atoms with E-state index in [-0.39, 0.29) is 11.6 Å². The van der Waals surface area contributed by atoms with Crippen molar-refractivity contribution >= 4 is 0 Å². The van der Waals surface area contributed by atoms with Gasteiger partial charge in [0.2, 0.25) is 0 Å². The van der Waals surface area contributed by atoms with Crippen molar-refractivity contribution in [1.29, 1.82) is 0 Å². The molecule has 0 aromatic rings. The van der Waals surface area contributed by atoms with E-state index in [2.05, 4.69) is 6.92 Å². The SMILES string of the molecule is C[C@]1(N)CCCC[C@H]1N. The Kier molecular flexibility index (Phi) is 1.78. The molecule has 9 heavy (non-hydrogen) atoms. The molecular formula is C7H16N2. The molecular weight excluding hydrogens is 112 g/mol. The van der Waals surface area contributed by atoms with Crippen LogP contribution in [0.4, 0.5) is 0 Å². The van der Waals surface area contributed by atoms with E-state index in [4.69, 9.17) is 11.5 Å². The summed E-state index contributed by atoms with van der Waals surface area (Å²) in [6.45, 7) is 2.05. The molecule has 0 aromatic carbocycles. The van der Waals surface area contributed by atoms with Crippen molar-refractivity contribution in [2.24, 2.45) is 11.5 Å². The van der Waals surface area contributed by atoms with Gasteiger partial charge in [0.25, 0.3) is 0 Å². The summed E-state index contributed by atoms with van der Waals surface area (Å²) in [6.07, 6.45) is 4.70. The first-order valence-electron chi connectivity index (χ1n) is 3.67. The number of hydrogen-bond acceptors (Lipinski definition) is 2. The zero-order valence-corrected chi connectivity index (χ0v) is 6.06. The summed E-state index contributed by atoms with van der Waals surface area (Å²) >= 11 is 0. The van der Waals surface area contributed by atoms with Crippen molar-refractivity contribution in [1.82, 2.24) is 0 Å². The number of rotatable bonds is 0. The average Bonchev–Trinajstić information content (AvgIpc) is 1.77. The molecule has 2 heteroatoms. The molecule has 1 aliphatic rings. The second kappa shape index (κ2) is 2.27. The molecule has 2 nitrogen and oxygen atoms in total. The maximum atomic E-state index is 5.90. The number of hydrogen-bond donors (Lipinski definition) is 2. The van der Waals surface area contributed by atoms with Crippen LogP contribution in [0.3, 0.4) is 0 Å². The Morgan fingerprint density at radius 3 is 2.44 bits per heavy atom. The van der Waals surface area contributed by atoms with Crippen molar-refractivity contribution in [2.45, 2.75) is 44.2 Å². The highest BCUT2D eigenvalue weighted by atomic mass is 14.8. The fourth-order valence-electron chi connectivity index (χ4n) is 1.39. The Bertz CT molecular complexity index is 99.1. The standard InChI is InChI=1S/C7H16N2/c1-7(9)5-3-2-4-6(7)8/h6H,2-5,8-9H2,1H3/t6-,7+/m1/s1. The van der Waals surface area contributed by atoms with Crippen LogP contribution < -0.4 is 11.5 Å². The zero-order valence-electron chi connectivity index (χ0n) is 6.06. The molecule has 1 fully saturated rings. The van der Waals surface area contributed by atoms with Gasteiger partial charge < -0.3 is 11.5 Å². The van der Waals surface area contributed by atoms with Crippen molar-refractivity contribution in [2.75, 3.05) is 0 Å². The van der Waals surface area contributed by atoms with Gasteiger partial charge in [0.05, 0.1) is 0 Å². The van der Waals surface area contributed by atoms with E-state index in [1.807, 2.05) is 0 Å². The third-order valence-electron chi connectivity index (χ3n) is 2.33. The predicted octanol–water partition coefficient (Wildman–Crippen LogP) is 0.605. The highest BCUT2D eigenvalue weighted by molar-refractivity contribution is 4.92. The van der Waals surface area contributed by atoms with E-state index < -0.39 is 0 Å². The first-order valence-corrected chi connectivity index (χ1v) is 3.67. The Hall–Kier alpha value is -0.0800. The molecule has 4 N–H and O–H groups in total. The van der Waals surface area contributed by atoms with Gasteiger partial charge in [0.1, 0.15) is 0 Å². The van der Waals surface area contributed by atoms with Gasteiger partial charge in [-0.05, 0) is 19.8 Å². The van der Waals surface area contributed by atoms with Crippen LogP contribution in [-0.4, -0.2) is 11.6 Å². The van der Waals surface area contributed by atoms with Gasteiger partial charge in [0, 0.05) is 11.6 Å². The summed E-state index contributed by atoms with van der Waals surface area (Å²) < 4.78 is 0. The average molecular weight is 128 g/mol. The van der Waals surface area contributed by atoms with Gasteiger partial charge >= 0.3 is 0 Å². The van der Waals surface area contributed by atoms with Gasteiger partial charge in [-0.2, -0.15) is 0 Å². The largest absolute Gasteiger partial charge is 0.326 e. The molecule has 0 bridgehead atoms. The van der Waals surface area contributed by atoms with Crippen molar-refractivity contribution < 1.29 is 0 Å². The highest BCUT2D eigenvalue weighted by Crippen LogP contribution is 2.23. The van der Waals surface area contributed by atoms with Crippen molar-refractivity contribution in [3.05, 3.63) is 0 Å². The van der Waals surface area contributed by atoms with Crippen LogP contribution >= 0.6 is 0 Å². The summed E-state index contributed by atoms with van der Waals surface area (Å²) in [7, 11) is 0. The lowest BCUT2D eigenvalue weighted by molar-refractivity contribution is 0.276. The van der Waals surface area contributed by atoms with Crippen LogP contribution in [-0.2, 0) is 0 Å². The lowest BCUT2D eigenvalue weighted by Crippen LogP contribution is -2.54. The summed E-state index contributed by atoms with van der Waals surface area (Å²) in [4.78, 5) is 0. The van der Waals surface area contributed by atoms with E-state index in [1.165, 1.54) is 12.8 Å². The van der Waals surface area contributed by atoms with E-state index in [9.17, 15) is 0 Å². The molecule has 0 unspecified atom stereocenters. The molecule has 1 aliphatic carbocycles. The minimum atomic E-state index is -0.0851. The van der Waals surface area contributed by atoms with Crippen LogP contribution in [0.5, 0.6) is 0 Å². The van der Waals surface area contributed by atoms with Crippen molar-refractivity contribution in [3.63, 3.8) is 0 Å². The van der Waals surface area contributed by atoms with Gasteiger partial charge in [-0.25, -0.2) is 0 Å². The van der Waals surface area contributed by atoms with Gasteiger partial charge in [-0.1, -0.05) is 12.8 Å². The third-order valence-corrected chi connectivity index (χ3v) is 2.33. The quantitative estimate of drug-likeness (QED) is 0.502. The fourth-order valence-corrected chi connectivity index (χ4v) is 1.39. The van der Waals surface area contributed by atoms with Gasteiger partial charge in [-0.15, -0.1) is 0 Å². The lowest BCUT2D eigenvalue weighted by Gasteiger charge is -2.35. The van der Waals surface area contributed by atoms with Crippen LogP contribution in [0.2, 0.25) is 0 Å². The molecule has 2 atom stereocenters. The Morgan fingerprint density at radius 2 is 2.11 bits per heavy atom. The Balaban J connectivity index is 2.49. The lowest BCUT2D eigenvalue weighted by atomic mass is 9.80. The molecule has 54 valence electrons. The minimum Gasteiger partial charge on any atom is -0.326 e. The smallest absolute Gasteiger partial charge is 0.0279 e. The summed E-state index contributed by atoms with van der Waals surface area (Å²) in [5, 5.41) is 0. The van der Waals surface area contributed by atoms with Crippen LogP contribution in [0.15, 0.2) is 0 Å². The molecule has 0 heterocycles. The maximum Gasteiger partial charge on any atom is 0.0279 e. The molecule has 0 aliphatic heterocycles. The van der Waals surface area contributed by atoms with Crippen molar-refractivity contribution in [3.8, 4) is 0 Å². The molecule has 1 saturated carbocycles. The first kappa shape index (κ1) is 7.03. The van der Waals surface area contributed by atoms with E-state index in [0.29, 0.717) is 0 Å². The van der Waals surface area contributed by atoms with E-state index in [0.717, 1.165) is 12.8 Å². The molecule has 0 aromatic heterocycles. The summed E-state index contributed by atoms with van der Waals surface area (Å²) in [5.41, 5.74) is 11.6. The van der Waals surface area contributed by atoms with Crippen LogP contribution in [0.25, 0.3) is 0 Å². The van der Waals surface area contributed by atoms with Gasteiger partial charge in [-0.3, -0.25) is 0 Å². The molecule has 0 amide bonds. The Labute approximate surface area is 56.6 Å². The van der Waals surface area contributed by atoms with Gasteiger partial charge in [0.15, 0.2) is 0 Å². The second-order valence-electron chi connectivity index (χ2n) is 3.36. The predicted molar refractivity (Wildman–Crippen MR) is 39.0 cm³/mol. The number of nitrogens with two attached hydrogens (primary N) is 2. The normalized spacial score (nSPS) is 45.0. The first-order chi connectivity index (χ1) is 4.13. The maximum absolute atomic E-state index is 5.90. The second-order valence-corrected chi connectivity index (χ2v) is 3.36. The fraction of sp³-hybridized carbons (Fsp3) is 1.00. The topological polar surface area (TPSA) is 52.0 Å². The monoisotopic (exact) mass is 128 g/mol. The highest BCUT2D eigenvalue weighted by Gasteiger charge is 2.29. The zero-order chi connectivity index (χ0) is 6.91. The molecule has 0 spiro atoms.